The van der Waals surface area contributed by atoms with Gasteiger partial charge in [-0.2, -0.15) is 0 Å². The summed E-state index contributed by atoms with van der Waals surface area (Å²) in [6.45, 7) is 0. The summed E-state index contributed by atoms with van der Waals surface area (Å²) < 4.78 is 4.99. The first-order chi connectivity index (χ1) is 26.8. The van der Waals surface area contributed by atoms with E-state index in [-0.39, 0.29) is 0 Å². The van der Waals surface area contributed by atoms with Crippen LogP contribution in [0.1, 0.15) is 0 Å². The van der Waals surface area contributed by atoms with Crippen molar-refractivity contribution in [2.24, 2.45) is 0 Å². The van der Waals surface area contributed by atoms with Gasteiger partial charge in [-0.3, -0.25) is 4.57 Å². The molecule has 0 bridgehead atoms. The summed E-state index contributed by atoms with van der Waals surface area (Å²) in [5, 5.41) is 13.8. The highest BCUT2D eigenvalue weighted by atomic mass is 32.1. The molecule has 0 aliphatic rings. The lowest BCUT2D eigenvalue weighted by atomic mass is 9.89. The Labute approximate surface area is 314 Å². The fourth-order valence-electron chi connectivity index (χ4n) is 8.88. The molecule has 250 valence electrons. The predicted molar refractivity (Wildman–Crippen MR) is 230 cm³/mol. The van der Waals surface area contributed by atoms with Crippen LogP contribution >= 0.6 is 11.3 Å². The van der Waals surface area contributed by atoms with E-state index >= 15 is 0 Å². The maximum atomic E-state index is 5.56. The van der Waals surface area contributed by atoms with E-state index in [0.717, 1.165) is 33.4 Å². The van der Waals surface area contributed by atoms with E-state index in [1.165, 1.54) is 74.3 Å². The van der Waals surface area contributed by atoms with Crippen molar-refractivity contribution in [1.29, 1.82) is 0 Å². The monoisotopic (exact) mass is 703 g/mol. The minimum absolute atomic E-state index is 0.706. The molecule has 3 nitrogen and oxygen atoms in total. The van der Waals surface area contributed by atoms with E-state index in [0.29, 0.717) is 5.82 Å². The number of aromatic nitrogens is 3. The van der Waals surface area contributed by atoms with Crippen LogP contribution in [0.2, 0.25) is 0 Å². The maximum absolute atomic E-state index is 5.56. The molecule has 0 aliphatic carbocycles. The van der Waals surface area contributed by atoms with Crippen LogP contribution in [0.3, 0.4) is 0 Å². The molecular weight excluding hydrogens is 675 g/mol. The van der Waals surface area contributed by atoms with Crippen molar-refractivity contribution >= 4 is 96.5 Å². The smallest absolute Gasteiger partial charge is 0.162 e. The molecule has 9 aromatic carbocycles. The van der Waals surface area contributed by atoms with E-state index in [9.17, 15) is 0 Å². The number of hydrogen-bond acceptors (Lipinski definition) is 3. The van der Waals surface area contributed by atoms with E-state index in [1.54, 1.807) is 0 Å². The van der Waals surface area contributed by atoms with Gasteiger partial charge < -0.3 is 0 Å². The number of rotatable bonds is 3. The summed E-state index contributed by atoms with van der Waals surface area (Å²) in [4.78, 5) is 10.8. The second-order valence-electron chi connectivity index (χ2n) is 14.1. The Bertz CT molecular complexity index is 3500. The van der Waals surface area contributed by atoms with Gasteiger partial charge in [0.05, 0.1) is 21.3 Å². The van der Waals surface area contributed by atoms with E-state index < -0.39 is 0 Å². The van der Waals surface area contributed by atoms with Crippen LogP contribution in [0, 0.1) is 0 Å². The molecule has 0 spiro atoms. The van der Waals surface area contributed by atoms with Crippen LogP contribution in [-0.2, 0) is 0 Å². The quantitative estimate of drug-likeness (QED) is 0.172. The molecule has 0 fully saturated rings. The van der Waals surface area contributed by atoms with Gasteiger partial charge in [0.1, 0.15) is 5.82 Å². The molecule has 0 unspecified atom stereocenters. The summed E-state index contributed by atoms with van der Waals surface area (Å²) >= 11 is 1.89. The number of nitrogens with zero attached hydrogens (tertiary/aromatic N) is 3. The number of benzene rings is 9. The third-order valence-electron chi connectivity index (χ3n) is 11.1. The second-order valence-corrected chi connectivity index (χ2v) is 15.1. The SMILES string of the molecule is c1ccc(-c2cccc(-c3nc(-n4c5ccccc5c5c6c7ccccc7c7ccccc7c6c6c7ccccc7sc6c54)c4ccccc4n3)c2)cc1. The minimum Gasteiger partial charge on any atom is -0.292 e. The van der Waals surface area contributed by atoms with Crippen molar-refractivity contribution in [1.82, 2.24) is 14.5 Å². The average molecular weight is 704 g/mol. The number of fused-ring (bicyclic) bond motifs is 16. The molecule has 3 heterocycles. The van der Waals surface area contributed by atoms with Gasteiger partial charge in [-0.05, 0) is 63.0 Å². The van der Waals surface area contributed by atoms with Crippen molar-refractivity contribution in [3.8, 4) is 28.3 Å². The topological polar surface area (TPSA) is 30.7 Å². The third kappa shape index (κ3) is 4.11. The summed E-state index contributed by atoms with van der Waals surface area (Å²) in [6, 6.07) is 63.3. The van der Waals surface area contributed by atoms with Gasteiger partial charge in [-0.1, -0.05) is 146 Å². The molecule has 0 saturated carbocycles. The maximum Gasteiger partial charge on any atom is 0.162 e. The van der Waals surface area contributed by atoms with Gasteiger partial charge in [0.2, 0.25) is 0 Å². The first-order valence-corrected chi connectivity index (χ1v) is 19.2. The molecule has 54 heavy (non-hydrogen) atoms. The highest BCUT2D eigenvalue weighted by molar-refractivity contribution is 7.27. The standard InChI is InChI=1S/C50H29N3S/c1-2-15-30(16-3-1)31-17-14-18-32(29-31)49-51-40-26-11-8-23-37(40)50(52-49)53-41-27-12-9-24-38(41)45-43-35-21-6-4-19-33(35)34-20-5-7-22-36(34)44(43)46-39-25-10-13-28-42(39)54-48(46)47(45)53/h1-29H. The molecule has 12 aromatic rings. The molecule has 0 saturated heterocycles. The van der Waals surface area contributed by atoms with Gasteiger partial charge in [-0.25, -0.2) is 9.97 Å². The first kappa shape index (κ1) is 29.7. The molecule has 0 N–H and O–H groups in total. The van der Waals surface area contributed by atoms with Crippen LogP contribution in [0.15, 0.2) is 176 Å². The van der Waals surface area contributed by atoms with Gasteiger partial charge in [-0.15, -0.1) is 11.3 Å². The number of hydrogen-bond donors (Lipinski definition) is 0. The Kier molecular flexibility index (Phi) is 6.21. The first-order valence-electron chi connectivity index (χ1n) is 18.3. The van der Waals surface area contributed by atoms with Crippen LogP contribution in [-0.4, -0.2) is 14.5 Å². The molecule has 0 atom stereocenters. The Morgan fingerprint density at radius 1 is 0.389 bits per heavy atom. The van der Waals surface area contributed by atoms with E-state index in [4.69, 9.17) is 9.97 Å². The molecule has 0 amide bonds. The van der Waals surface area contributed by atoms with Gasteiger partial charge in [0.15, 0.2) is 5.82 Å². The summed E-state index contributed by atoms with van der Waals surface area (Å²) in [6.07, 6.45) is 0. The van der Waals surface area contributed by atoms with Crippen molar-refractivity contribution in [3.63, 3.8) is 0 Å². The molecule has 4 heteroatoms. The van der Waals surface area contributed by atoms with Gasteiger partial charge >= 0.3 is 0 Å². The highest BCUT2D eigenvalue weighted by Gasteiger charge is 2.26. The van der Waals surface area contributed by atoms with Crippen LogP contribution in [0.25, 0.3) is 114 Å². The molecule has 12 rings (SSSR count). The fraction of sp³-hybridized carbons (Fsp3) is 0. The van der Waals surface area contributed by atoms with Gasteiger partial charge in [0.25, 0.3) is 0 Å². The van der Waals surface area contributed by atoms with Crippen molar-refractivity contribution in [3.05, 3.63) is 176 Å². The van der Waals surface area contributed by atoms with Crippen LogP contribution in [0.4, 0.5) is 0 Å². The van der Waals surface area contributed by atoms with E-state index in [2.05, 4.69) is 180 Å². The Balaban J connectivity index is 1.31. The lowest BCUT2D eigenvalue weighted by molar-refractivity contribution is 1.08. The lowest BCUT2D eigenvalue weighted by Crippen LogP contribution is -2.03. The number of para-hydroxylation sites is 2. The van der Waals surface area contributed by atoms with Gasteiger partial charge in [0, 0.05) is 48.0 Å². The molecule has 3 aromatic heterocycles. The largest absolute Gasteiger partial charge is 0.292 e. The Hall–Kier alpha value is -6.88. The summed E-state index contributed by atoms with van der Waals surface area (Å²) in [5.41, 5.74) is 6.52. The molecule has 0 radical (unpaired) electrons. The minimum atomic E-state index is 0.706. The Morgan fingerprint density at radius 3 is 1.74 bits per heavy atom. The van der Waals surface area contributed by atoms with Crippen molar-refractivity contribution < 1.29 is 0 Å². The van der Waals surface area contributed by atoms with Crippen molar-refractivity contribution in [2.45, 2.75) is 0 Å². The number of thiophene rings is 1. The normalized spacial score (nSPS) is 12.1. The zero-order valence-corrected chi connectivity index (χ0v) is 29.8. The lowest BCUT2D eigenvalue weighted by Gasteiger charge is -2.16. The van der Waals surface area contributed by atoms with Crippen molar-refractivity contribution in [2.75, 3.05) is 0 Å². The average Bonchev–Trinajstić information content (AvgIpc) is 3.80. The molecular formula is C50H29N3S. The summed E-state index contributed by atoms with van der Waals surface area (Å²) in [7, 11) is 0. The Morgan fingerprint density at radius 2 is 0.963 bits per heavy atom. The third-order valence-corrected chi connectivity index (χ3v) is 12.3. The highest BCUT2D eigenvalue weighted by Crippen LogP contribution is 2.52. The fourth-order valence-corrected chi connectivity index (χ4v) is 10.1. The zero-order valence-electron chi connectivity index (χ0n) is 29.0. The van der Waals surface area contributed by atoms with Crippen LogP contribution in [0.5, 0.6) is 0 Å². The molecule has 0 aliphatic heterocycles. The predicted octanol–water partition coefficient (Wildman–Crippen LogP) is 13.9. The van der Waals surface area contributed by atoms with E-state index in [1.807, 2.05) is 11.3 Å². The zero-order chi connectivity index (χ0) is 35.3. The summed E-state index contributed by atoms with van der Waals surface area (Å²) in [5.74, 6) is 1.59. The van der Waals surface area contributed by atoms with Crippen LogP contribution < -0.4 is 0 Å². The second kappa shape index (κ2) is 11.3.